The fourth-order valence-corrected chi connectivity index (χ4v) is 3.33. The maximum Gasteiger partial charge on any atom is 0.317 e. The van der Waals surface area contributed by atoms with Crippen LogP contribution in [0.1, 0.15) is 36.0 Å². The van der Waals surface area contributed by atoms with Crippen molar-refractivity contribution in [2.75, 3.05) is 20.1 Å². The average Bonchev–Trinajstić information content (AvgIpc) is 2.83. The lowest BCUT2D eigenvalue weighted by atomic mass is 10.1. The highest BCUT2D eigenvalue weighted by molar-refractivity contribution is 5.73. The fraction of sp³-hybridized carbons (Fsp3) is 0.611. The molecule has 4 heteroatoms. The summed E-state index contributed by atoms with van der Waals surface area (Å²) in [5.74, 6) is 0.232. The number of aryl methyl sites for hydroxylation is 2. The predicted octanol–water partition coefficient (Wildman–Crippen LogP) is 2.65. The van der Waals surface area contributed by atoms with Gasteiger partial charge in [-0.05, 0) is 38.7 Å². The quantitative estimate of drug-likeness (QED) is 0.878. The number of amides is 2. The Labute approximate surface area is 133 Å². The lowest BCUT2D eigenvalue weighted by Crippen LogP contribution is -2.41. The van der Waals surface area contributed by atoms with Crippen LogP contribution in [0.4, 0.5) is 4.79 Å². The third-order valence-electron chi connectivity index (χ3n) is 4.45. The van der Waals surface area contributed by atoms with E-state index < -0.39 is 0 Å². The molecule has 1 aliphatic rings. The number of hydrogen-bond donors (Lipinski definition) is 2. The van der Waals surface area contributed by atoms with Crippen molar-refractivity contribution >= 4 is 6.03 Å². The summed E-state index contributed by atoms with van der Waals surface area (Å²) in [6.07, 6.45) is 3.54. The normalized spacial score (nSPS) is 20.9. The topological polar surface area (TPSA) is 52.6 Å². The van der Waals surface area contributed by atoms with Gasteiger partial charge in [0.15, 0.2) is 0 Å². The molecule has 4 nitrogen and oxygen atoms in total. The standard InChI is InChI=1S/C18H28N2O2/c1-13-9-14(2)11-15(10-13)7-8-19-18(22)20(3)12-16-5-4-6-17(16)21/h9-11,16-17,21H,4-8,12H2,1-3H3,(H,19,22). The zero-order chi connectivity index (χ0) is 16.1. The third-order valence-corrected chi connectivity index (χ3v) is 4.45. The molecule has 1 aromatic rings. The molecule has 122 valence electrons. The highest BCUT2D eigenvalue weighted by atomic mass is 16.3. The molecule has 0 saturated heterocycles. The molecule has 0 radical (unpaired) electrons. The molecular formula is C18H28N2O2. The van der Waals surface area contributed by atoms with Gasteiger partial charge >= 0.3 is 6.03 Å². The number of hydrogen-bond acceptors (Lipinski definition) is 2. The number of nitrogens with zero attached hydrogens (tertiary/aromatic N) is 1. The monoisotopic (exact) mass is 304 g/mol. The van der Waals surface area contributed by atoms with E-state index in [1.54, 1.807) is 11.9 Å². The Balaban J connectivity index is 1.74. The minimum absolute atomic E-state index is 0.0523. The van der Waals surface area contributed by atoms with Gasteiger partial charge in [-0.15, -0.1) is 0 Å². The van der Waals surface area contributed by atoms with Gasteiger partial charge in [0.1, 0.15) is 0 Å². The largest absolute Gasteiger partial charge is 0.393 e. The molecule has 2 unspecified atom stereocenters. The van der Waals surface area contributed by atoms with Gasteiger partial charge in [-0.2, -0.15) is 0 Å². The summed E-state index contributed by atoms with van der Waals surface area (Å²) in [4.78, 5) is 13.8. The molecule has 22 heavy (non-hydrogen) atoms. The third kappa shape index (κ3) is 4.73. The Kier molecular flexibility index (Phi) is 5.83. The summed E-state index contributed by atoms with van der Waals surface area (Å²) in [5.41, 5.74) is 3.77. The van der Waals surface area contributed by atoms with Crippen molar-refractivity contribution in [3.8, 4) is 0 Å². The first-order valence-corrected chi connectivity index (χ1v) is 8.20. The minimum atomic E-state index is -0.245. The Hall–Kier alpha value is -1.55. The molecule has 1 saturated carbocycles. The molecule has 1 aromatic carbocycles. The van der Waals surface area contributed by atoms with E-state index in [1.165, 1.54) is 16.7 Å². The van der Waals surface area contributed by atoms with E-state index in [4.69, 9.17) is 0 Å². The molecule has 2 amide bonds. The summed E-state index contributed by atoms with van der Waals surface area (Å²) in [6.45, 7) is 5.46. The van der Waals surface area contributed by atoms with Crippen LogP contribution in [0.25, 0.3) is 0 Å². The number of nitrogens with one attached hydrogen (secondary N) is 1. The van der Waals surface area contributed by atoms with Crippen LogP contribution < -0.4 is 5.32 Å². The van der Waals surface area contributed by atoms with Crippen molar-refractivity contribution in [1.82, 2.24) is 10.2 Å². The van der Waals surface area contributed by atoms with Crippen LogP contribution in [0.5, 0.6) is 0 Å². The highest BCUT2D eigenvalue weighted by Gasteiger charge is 2.27. The van der Waals surface area contributed by atoms with E-state index in [0.29, 0.717) is 13.1 Å². The molecule has 0 aromatic heterocycles. The lowest BCUT2D eigenvalue weighted by molar-refractivity contribution is 0.114. The fourth-order valence-electron chi connectivity index (χ4n) is 3.33. The first kappa shape index (κ1) is 16.8. The second-order valence-corrected chi connectivity index (χ2v) is 6.62. The number of carbonyl (C=O) groups excluding carboxylic acids is 1. The van der Waals surface area contributed by atoms with Gasteiger partial charge in [0, 0.05) is 26.1 Å². The number of urea groups is 1. The Morgan fingerprint density at radius 3 is 2.55 bits per heavy atom. The predicted molar refractivity (Wildman–Crippen MR) is 89.0 cm³/mol. The van der Waals surface area contributed by atoms with Gasteiger partial charge in [-0.3, -0.25) is 0 Å². The maximum atomic E-state index is 12.1. The second-order valence-electron chi connectivity index (χ2n) is 6.62. The van der Waals surface area contributed by atoms with E-state index in [-0.39, 0.29) is 18.1 Å². The Morgan fingerprint density at radius 1 is 1.27 bits per heavy atom. The van der Waals surface area contributed by atoms with E-state index in [0.717, 1.165) is 25.7 Å². The first-order valence-electron chi connectivity index (χ1n) is 8.20. The van der Waals surface area contributed by atoms with Crippen LogP contribution in [0, 0.1) is 19.8 Å². The average molecular weight is 304 g/mol. The molecule has 1 aliphatic carbocycles. The van der Waals surface area contributed by atoms with Crippen molar-refractivity contribution in [2.24, 2.45) is 5.92 Å². The molecule has 0 bridgehead atoms. The van der Waals surface area contributed by atoms with Gasteiger partial charge in [0.2, 0.25) is 0 Å². The number of carbonyl (C=O) groups is 1. The van der Waals surface area contributed by atoms with Gasteiger partial charge in [0.05, 0.1) is 6.10 Å². The summed E-state index contributed by atoms with van der Waals surface area (Å²) in [6, 6.07) is 6.43. The van der Waals surface area contributed by atoms with E-state index in [9.17, 15) is 9.90 Å². The van der Waals surface area contributed by atoms with Crippen LogP contribution in [0.2, 0.25) is 0 Å². The van der Waals surface area contributed by atoms with E-state index >= 15 is 0 Å². The van der Waals surface area contributed by atoms with Crippen LogP contribution in [-0.4, -0.2) is 42.3 Å². The van der Waals surface area contributed by atoms with Gasteiger partial charge < -0.3 is 15.3 Å². The van der Waals surface area contributed by atoms with Gasteiger partial charge in [-0.1, -0.05) is 35.7 Å². The van der Waals surface area contributed by atoms with Gasteiger partial charge in [-0.25, -0.2) is 4.79 Å². The smallest absolute Gasteiger partial charge is 0.317 e. The number of aliphatic hydroxyl groups is 1. The molecular weight excluding hydrogens is 276 g/mol. The highest BCUT2D eigenvalue weighted by Crippen LogP contribution is 2.25. The summed E-state index contributed by atoms with van der Waals surface area (Å²) >= 11 is 0. The van der Waals surface area contributed by atoms with Crippen LogP contribution in [0.3, 0.4) is 0 Å². The van der Waals surface area contributed by atoms with Crippen LogP contribution >= 0.6 is 0 Å². The van der Waals surface area contributed by atoms with Crippen molar-refractivity contribution in [2.45, 2.75) is 45.6 Å². The Morgan fingerprint density at radius 2 is 1.95 bits per heavy atom. The first-order chi connectivity index (χ1) is 10.5. The van der Waals surface area contributed by atoms with Crippen LogP contribution in [0.15, 0.2) is 18.2 Å². The maximum absolute atomic E-state index is 12.1. The number of aliphatic hydroxyl groups excluding tert-OH is 1. The molecule has 0 spiro atoms. The SMILES string of the molecule is Cc1cc(C)cc(CCNC(=O)N(C)CC2CCCC2O)c1. The lowest BCUT2D eigenvalue weighted by Gasteiger charge is -2.23. The van der Waals surface area contributed by atoms with E-state index in [2.05, 4.69) is 37.4 Å². The van der Waals surface area contributed by atoms with Crippen molar-refractivity contribution in [3.05, 3.63) is 34.9 Å². The van der Waals surface area contributed by atoms with Crippen LogP contribution in [-0.2, 0) is 6.42 Å². The number of rotatable bonds is 5. The van der Waals surface area contributed by atoms with Gasteiger partial charge in [0.25, 0.3) is 0 Å². The van der Waals surface area contributed by atoms with Crippen molar-refractivity contribution in [1.29, 1.82) is 0 Å². The second kappa shape index (κ2) is 7.63. The number of benzene rings is 1. The zero-order valence-electron chi connectivity index (χ0n) is 13.9. The zero-order valence-corrected chi connectivity index (χ0v) is 13.9. The summed E-state index contributed by atoms with van der Waals surface area (Å²) in [7, 11) is 1.80. The molecule has 2 atom stereocenters. The molecule has 0 aliphatic heterocycles. The molecule has 2 N–H and O–H groups in total. The summed E-state index contributed by atoms with van der Waals surface area (Å²) in [5, 5.41) is 12.8. The molecule has 0 heterocycles. The molecule has 2 rings (SSSR count). The Bertz CT molecular complexity index is 496. The van der Waals surface area contributed by atoms with E-state index in [1.807, 2.05) is 0 Å². The van der Waals surface area contributed by atoms with Crippen molar-refractivity contribution < 1.29 is 9.90 Å². The summed E-state index contributed by atoms with van der Waals surface area (Å²) < 4.78 is 0. The van der Waals surface area contributed by atoms with Crippen molar-refractivity contribution in [3.63, 3.8) is 0 Å². The minimum Gasteiger partial charge on any atom is -0.393 e. The molecule has 1 fully saturated rings.